The van der Waals surface area contributed by atoms with Gasteiger partial charge in [0.25, 0.3) is 0 Å². The maximum absolute atomic E-state index is 12.1. The molecule has 0 aromatic heterocycles. The van der Waals surface area contributed by atoms with Crippen LogP contribution in [0.5, 0.6) is 0 Å². The van der Waals surface area contributed by atoms with Crippen molar-refractivity contribution < 1.29 is 23.3 Å². The van der Waals surface area contributed by atoms with E-state index in [0.29, 0.717) is 0 Å². The number of rotatable bonds is 2. The van der Waals surface area contributed by atoms with Crippen molar-refractivity contribution >= 4 is 0 Å². The Labute approximate surface area is 72.5 Å². The van der Waals surface area contributed by atoms with Crippen molar-refractivity contribution in [3.8, 4) is 0 Å². The van der Waals surface area contributed by atoms with E-state index in [4.69, 9.17) is 5.26 Å². The predicted octanol–water partition coefficient (Wildman–Crippen LogP) is 2.78. The second-order valence-corrected chi connectivity index (χ2v) is 2.44. The van der Waals surface area contributed by atoms with Crippen LogP contribution in [-0.2, 0) is 4.89 Å². The van der Waals surface area contributed by atoms with Crippen molar-refractivity contribution in [3.05, 3.63) is 35.9 Å². The zero-order chi connectivity index (χ0) is 9.90. The molecule has 0 aliphatic heterocycles. The van der Waals surface area contributed by atoms with Crippen LogP contribution in [0.3, 0.4) is 0 Å². The summed E-state index contributed by atoms with van der Waals surface area (Å²) < 4.78 is 36.4. The van der Waals surface area contributed by atoms with Crippen LogP contribution in [0.4, 0.5) is 13.2 Å². The summed E-state index contributed by atoms with van der Waals surface area (Å²) in [6, 6.07) is 6.91. The molecule has 13 heavy (non-hydrogen) atoms. The van der Waals surface area contributed by atoms with Crippen LogP contribution in [0.1, 0.15) is 11.7 Å². The van der Waals surface area contributed by atoms with E-state index in [1.54, 1.807) is 6.07 Å². The zero-order valence-electron chi connectivity index (χ0n) is 6.45. The van der Waals surface area contributed by atoms with Crippen LogP contribution < -0.4 is 0 Å². The summed E-state index contributed by atoms with van der Waals surface area (Å²) in [6.07, 6.45) is -6.87. The molecule has 0 saturated carbocycles. The first-order valence-electron chi connectivity index (χ1n) is 3.47. The molecule has 5 heteroatoms. The Kier molecular flexibility index (Phi) is 2.90. The van der Waals surface area contributed by atoms with Crippen LogP contribution >= 0.6 is 0 Å². The van der Waals surface area contributed by atoms with Gasteiger partial charge in [0.1, 0.15) is 0 Å². The molecule has 1 unspecified atom stereocenters. The summed E-state index contributed by atoms with van der Waals surface area (Å²) in [5.74, 6) is 0. The van der Waals surface area contributed by atoms with E-state index in [9.17, 15) is 13.2 Å². The summed E-state index contributed by atoms with van der Waals surface area (Å²) in [4.78, 5) is 3.38. The summed E-state index contributed by atoms with van der Waals surface area (Å²) in [6.45, 7) is 0. The molecule has 1 atom stereocenters. The van der Waals surface area contributed by atoms with E-state index in [1.807, 2.05) is 0 Å². The van der Waals surface area contributed by atoms with Gasteiger partial charge in [-0.05, 0) is 5.56 Å². The van der Waals surface area contributed by atoms with E-state index >= 15 is 0 Å². The van der Waals surface area contributed by atoms with E-state index in [-0.39, 0.29) is 5.56 Å². The fraction of sp³-hybridized carbons (Fsp3) is 0.250. The fourth-order valence-electron chi connectivity index (χ4n) is 0.937. The minimum atomic E-state index is -4.60. The third-order valence-electron chi connectivity index (χ3n) is 1.51. The predicted molar refractivity (Wildman–Crippen MR) is 39.0 cm³/mol. The third-order valence-corrected chi connectivity index (χ3v) is 1.51. The summed E-state index contributed by atoms with van der Waals surface area (Å²) in [5, 5.41) is 8.10. The maximum atomic E-state index is 12.1. The standard InChI is InChI=1S/C8H7F3O2/c9-8(10,11)7(13-12)6-4-2-1-3-5-6/h1-5,7,12H. The first-order chi connectivity index (χ1) is 6.05. The molecular formula is C8H7F3O2. The van der Waals surface area contributed by atoms with Gasteiger partial charge in [-0.15, -0.1) is 0 Å². The van der Waals surface area contributed by atoms with Gasteiger partial charge in [-0.1, -0.05) is 30.3 Å². The maximum Gasteiger partial charge on any atom is 0.422 e. The van der Waals surface area contributed by atoms with Crippen molar-refractivity contribution in [2.75, 3.05) is 0 Å². The van der Waals surface area contributed by atoms with Crippen molar-refractivity contribution in [2.45, 2.75) is 12.3 Å². The lowest BCUT2D eigenvalue weighted by atomic mass is 10.1. The highest BCUT2D eigenvalue weighted by Gasteiger charge is 2.42. The first-order valence-corrected chi connectivity index (χ1v) is 3.47. The number of hydrogen-bond donors (Lipinski definition) is 1. The Morgan fingerprint density at radius 3 is 2.08 bits per heavy atom. The highest BCUT2D eigenvalue weighted by molar-refractivity contribution is 5.18. The second kappa shape index (κ2) is 3.76. The molecule has 1 N–H and O–H groups in total. The smallest absolute Gasteiger partial charge is 0.251 e. The zero-order valence-corrected chi connectivity index (χ0v) is 6.45. The van der Waals surface area contributed by atoms with E-state index in [0.717, 1.165) is 0 Å². The molecule has 72 valence electrons. The van der Waals surface area contributed by atoms with Gasteiger partial charge >= 0.3 is 6.18 Å². The van der Waals surface area contributed by atoms with E-state index in [1.165, 1.54) is 24.3 Å². The number of hydrogen-bond acceptors (Lipinski definition) is 2. The summed E-state index contributed by atoms with van der Waals surface area (Å²) in [7, 11) is 0. The van der Waals surface area contributed by atoms with E-state index in [2.05, 4.69) is 4.89 Å². The lowest BCUT2D eigenvalue weighted by Crippen LogP contribution is -2.22. The largest absolute Gasteiger partial charge is 0.422 e. The van der Waals surface area contributed by atoms with Gasteiger partial charge in [-0.25, -0.2) is 4.89 Å². The monoisotopic (exact) mass is 192 g/mol. The molecule has 1 rings (SSSR count). The minimum Gasteiger partial charge on any atom is -0.251 e. The molecule has 0 saturated heterocycles. The average molecular weight is 192 g/mol. The van der Waals surface area contributed by atoms with Crippen molar-refractivity contribution in [1.82, 2.24) is 0 Å². The van der Waals surface area contributed by atoms with Gasteiger partial charge in [0, 0.05) is 0 Å². The highest BCUT2D eigenvalue weighted by atomic mass is 19.4. The summed E-state index contributed by atoms with van der Waals surface area (Å²) in [5.41, 5.74) is -0.127. The molecule has 0 bridgehead atoms. The molecule has 0 fully saturated rings. The van der Waals surface area contributed by atoms with Gasteiger partial charge < -0.3 is 0 Å². The van der Waals surface area contributed by atoms with Gasteiger partial charge in [0.2, 0.25) is 6.10 Å². The molecule has 2 nitrogen and oxygen atoms in total. The Morgan fingerprint density at radius 1 is 1.15 bits per heavy atom. The van der Waals surface area contributed by atoms with Crippen LogP contribution in [0, 0.1) is 0 Å². The van der Waals surface area contributed by atoms with Crippen LogP contribution in [0.25, 0.3) is 0 Å². The average Bonchev–Trinajstić information content (AvgIpc) is 2.05. The molecule has 0 aliphatic carbocycles. The molecule has 0 heterocycles. The lowest BCUT2D eigenvalue weighted by Gasteiger charge is -2.16. The van der Waals surface area contributed by atoms with Crippen molar-refractivity contribution in [3.63, 3.8) is 0 Å². The Balaban J connectivity index is 2.92. The summed E-state index contributed by atoms with van der Waals surface area (Å²) >= 11 is 0. The Hall–Kier alpha value is -1.07. The first kappa shape index (κ1) is 10.0. The highest BCUT2D eigenvalue weighted by Crippen LogP contribution is 2.34. The second-order valence-electron chi connectivity index (χ2n) is 2.44. The van der Waals surface area contributed by atoms with Gasteiger partial charge in [-0.3, -0.25) is 5.26 Å². The number of benzene rings is 1. The lowest BCUT2D eigenvalue weighted by molar-refractivity contribution is -0.355. The van der Waals surface area contributed by atoms with Gasteiger partial charge in [0.15, 0.2) is 0 Å². The van der Waals surface area contributed by atoms with Crippen molar-refractivity contribution in [1.29, 1.82) is 0 Å². The van der Waals surface area contributed by atoms with Crippen LogP contribution in [0.2, 0.25) is 0 Å². The molecule has 0 radical (unpaired) electrons. The molecule has 1 aromatic carbocycles. The fourth-order valence-corrected chi connectivity index (χ4v) is 0.937. The SMILES string of the molecule is OOC(c1ccccc1)C(F)(F)F. The number of halogens is 3. The number of alkyl halides is 3. The van der Waals surface area contributed by atoms with Crippen molar-refractivity contribution in [2.24, 2.45) is 0 Å². The van der Waals surface area contributed by atoms with Gasteiger partial charge in [0.05, 0.1) is 0 Å². The topological polar surface area (TPSA) is 29.5 Å². The Bertz CT molecular complexity index is 258. The molecule has 0 aliphatic rings. The minimum absolute atomic E-state index is 0.127. The molecular weight excluding hydrogens is 185 g/mol. The van der Waals surface area contributed by atoms with Crippen LogP contribution in [-0.4, -0.2) is 11.4 Å². The van der Waals surface area contributed by atoms with E-state index < -0.39 is 12.3 Å². The third kappa shape index (κ3) is 2.43. The molecule has 0 spiro atoms. The van der Waals surface area contributed by atoms with Crippen LogP contribution in [0.15, 0.2) is 30.3 Å². The Morgan fingerprint density at radius 2 is 1.69 bits per heavy atom. The quantitative estimate of drug-likeness (QED) is 0.576. The molecule has 1 aromatic rings. The normalized spacial score (nSPS) is 14.2. The van der Waals surface area contributed by atoms with Gasteiger partial charge in [-0.2, -0.15) is 13.2 Å². The molecule has 0 amide bonds.